The summed E-state index contributed by atoms with van der Waals surface area (Å²) < 4.78 is 1.56. The standard InChI is InChI=1S/C15H18N4O3/c1-9(2)11-4-6-12(7-5-11)19-10(3)14(17-18-19)15(22)16-8-13(20)21/h4-7,9H,8H2,1-3H3,(H,16,22)(H,20,21). The van der Waals surface area contributed by atoms with Crippen LogP contribution in [-0.4, -0.2) is 38.5 Å². The Labute approximate surface area is 128 Å². The Morgan fingerprint density at radius 2 is 1.91 bits per heavy atom. The molecule has 1 heterocycles. The van der Waals surface area contributed by atoms with Crippen LogP contribution in [0.5, 0.6) is 0 Å². The molecule has 7 heteroatoms. The first-order chi connectivity index (χ1) is 10.4. The van der Waals surface area contributed by atoms with Crippen LogP contribution in [0.2, 0.25) is 0 Å². The van der Waals surface area contributed by atoms with E-state index in [0.717, 1.165) is 5.69 Å². The third kappa shape index (κ3) is 3.30. The lowest BCUT2D eigenvalue weighted by Gasteiger charge is -2.08. The van der Waals surface area contributed by atoms with Crippen molar-refractivity contribution in [3.63, 3.8) is 0 Å². The van der Waals surface area contributed by atoms with Gasteiger partial charge in [0.15, 0.2) is 5.69 Å². The molecule has 0 spiro atoms. The summed E-state index contributed by atoms with van der Waals surface area (Å²) >= 11 is 0. The third-order valence-corrected chi connectivity index (χ3v) is 3.31. The van der Waals surface area contributed by atoms with Crippen molar-refractivity contribution in [1.82, 2.24) is 20.3 Å². The van der Waals surface area contributed by atoms with E-state index in [1.807, 2.05) is 24.3 Å². The Hall–Kier alpha value is -2.70. The Balaban J connectivity index is 2.23. The van der Waals surface area contributed by atoms with Crippen molar-refractivity contribution < 1.29 is 14.7 Å². The molecule has 1 aromatic heterocycles. The summed E-state index contributed by atoms with van der Waals surface area (Å²) in [5.74, 6) is -1.23. The van der Waals surface area contributed by atoms with Gasteiger partial charge in [0, 0.05) is 0 Å². The fourth-order valence-corrected chi connectivity index (χ4v) is 2.02. The highest BCUT2D eigenvalue weighted by molar-refractivity contribution is 5.94. The van der Waals surface area contributed by atoms with Crippen molar-refractivity contribution in [1.29, 1.82) is 0 Å². The van der Waals surface area contributed by atoms with E-state index in [0.29, 0.717) is 11.6 Å². The molecule has 0 unspecified atom stereocenters. The van der Waals surface area contributed by atoms with Gasteiger partial charge < -0.3 is 10.4 Å². The molecule has 7 nitrogen and oxygen atoms in total. The summed E-state index contributed by atoms with van der Waals surface area (Å²) in [5, 5.41) is 18.7. The first-order valence-electron chi connectivity index (χ1n) is 6.92. The van der Waals surface area contributed by atoms with Gasteiger partial charge in [0.1, 0.15) is 6.54 Å². The van der Waals surface area contributed by atoms with E-state index in [2.05, 4.69) is 29.5 Å². The van der Waals surface area contributed by atoms with E-state index < -0.39 is 18.4 Å². The molecule has 0 aliphatic carbocycles. The van der Waals surface area contributed by atoms with Crippen molar-refractivity contribution in [2.24, 2.45) is 0 Å². The molecule has 1 aromatic carbocycles. The maximum absolute atomic E-state index is 11.9. The van der Waals surface area contributed by atoms with Crippen molar-refractivity contribution in [3.8, 4) is 5.69 Å². The molecule has 0 radical (unpaired) electrons. The molecule has 0 saturated carbocycles. The van der Waals surface area contributed by atoms with Crippen LogP contribution in [0, 0.1) is 6.92 Å². The lowest BCUT2D eigenvalue weighted by Crippen LogP contribution is -2.30. The number of carboxylic acid groups (broad SMARTS) is 1. The minimum atomic E-state index is -1.11. The molecular formula is C15H18N4O3. The van der Waals surface area contributed by atoms with Crippen LogP contribution in [-0.2, 0) is 4.79 Å². The Morgan fingerprint density at radius 1 is 1.27 bits per heavy atom. The predicted molar refractivity (Wildman–Crippen MR) is 80.2 cm³/mol. The Morgan fingerprint density at radius 3 is 2.45 bits per heavy atom. The number of carboxylic acids is 1. The number of amides is 1. The molecule has 116 valence electrons. The van der Waals surface area contributed by atoms with Gasteiger partial charge in [0.2, 0.25) is 0 Å². The topological polar surface area (TPSA) is 97.1 Å². The highest BCUT2D eigenvalue weighted by atomic mass is 16.4. The van der Waals surface area contributed by atoms with Gasteiger partial charge in [-0.25, -0.2) is 4.68 Å². The highest BCUT2D eigenvalue weighted by Gasteiger charge is 2.17. The summed E-state index contributed by atoms with van der Waals surface area (Å²) in [6.45, 7) is 5.49. The number of nitrogens with one attached hydrogen (secondary N) is 1. The van der Waals surface area contributed by atoms with Gasteiger partial charge in [-0.1, -0.05) is 31.2 Å². The minimum Gasteiger partial charge on any atom is -0.480 e. The van der Waals surface area contributed by atoms with Crippen molar-refractivity contribution >= 4 is 11.9 Å². The molecule has 2 aromatic rings. The molecule has 22 heavy (non-hydrogen) atoms. The van der Waals surface area contributed by atoms with E-state index in [9.17, 15) is 9.59 Å². The zero-order valence-electron chi connectivity index (χ0n) is 12.7. The normalized spacial score (nSPS) is 10.7. The fourth-order valence-electron chi connectivity index (χ4n) is 2.02. The van der Waals surface area contributed by atoms with Crippen LogP contribution < -0.4 is 5.32 Å². The average Bonchev–Trinajstić information content (AvgIpc) is 2.86. The maximum Gasteiger partial charge on any atom is 0.322 e. The van der Waals surface area contributed by atoms with Crippen LogP contribution in [0.15, 0.2) is 24.3 Å². The van der Waals surface area contributed by atoms with Crippen LogP contribution in [0.1, 0.15) is 41.5 Å². The van der Waals surface area contributed by atoms with Gasteiger partial charge >= 0.3 is 5.97 Å². The second-order valence-corrected chi connectivity index (χ2v) is 5.26. The minimum absolute atomic E-state index is 0.120. The van der Waals surface area contributed by atoms with Crippen molar-refractivity contribution in [2.45, 2.75) is 26.7 Å². The lowest BCUT2D eigenvalue weighted by molar-refractivity contribution is -0.135. The molecule has 1 amide bonds. The van der Waals surface area contributed by atoms with E-state index in [-0.39, 0.29) is 5.69 Å². The third-order valence-electron chi connectivity index (χ3n) is 3.31. The van der Waals surface area contributed by atoms with E-state index in [1.54, 1.807) is 11.6 Å². The summed E-state index contributed by atoms with van der Waals surface area (Å²) in [6, 6.07) is 7.84. The smallest absolute Gasteiger partial charge is 0.322 e. The molecule has 0 fully saturated rings. The SMILES string of the molecule is Cc1c(C(=O)NCC(=O)O)nnn1-c1ccc(C(C)C)cc1. The summed E-state index contributed by atoms with van der Waals surface area (Å²) in [5.41, 5.74) is 2.68. The largest absolute Gasteiger partial charge is 0.480 e. The monoisotopic (exact) mass is 302 g/mol. The predicted octanol–water partition coefficient (Wildman–Crippen LogP) is 1.51. The number of benzene rings is 1. The number of nitrogens with zero attached hydrogens (tertiary/aromatic N) is 3. The number of carbonyl (C=O) groups is 2. The molecule has 0 saturated heterocycles. The van der Waals surface area contributed by atoms with Crippen LogP contribution in [0.25, 0.3) is 5.69 Å². The average molecular weight is 302 g/mol. The molecule has 2 rings (SSSR count). The van der Waals surface area contributed by atoms with Gasteiger partial charge in [0.05, 0.1) is 11.4 Å². The first-order valence-corrected chi connectivity index (χ1v) is 6.92. The van der Waals surface area contributed by atoms with Gasteiger partial charge in [-0.2, -0.15) is 0 Å². The van der Waals surface area contributed by atoms with Crippen molar-refractivity contribution in [2.75, 3.05) is 6.54 Å². The lowest BCUT2D eigenvalue weighted by atomic mass is 10.0. The van der Waals surface area contributed by atoms with E-state index in [4.69, 9.17) is 5.11 Å². The summed E-state index contributed by atoms with van der Waals surface area (Å²) in [7, 11) is 0. The molecule has 0 bridgehead atoms. The quantitative estimate of drug-likeness (QED) is 0.872. The number of hydrogen-bond acceptors (Lipinski definition) is 4. The van der Waals surface area contributed by atoms with Crippen molar-refractivity contribution in [3.05, 3.63) is 41.2 Å². The summed E-state index contributed by atoms with van der Waals surface area (Å²) in [6.07, 6.45) is 0. The van der Waals surface area contributed by atoms with Gasteiger partial charge in [-0.05, 0) is 30.5 Å². The Kier molecular flexibility index (Phi) is 4.55. The first kappa shape index (κ1) is 15.7. The number of rotatable bonds is 5. The molecule has 0 atom stereocenters. The van der Waals surface area contributed by atoms with Crippen LogP contribution in [0.3, 0.4) is 0 Å². The molecule has 0 aliphatic heterocycles. The second kappa shape index (κ2) is 6.38. The van der Waals surface area contributed by atoms with E-state index >= 15 is 0 Å². The van der Waals surface area contributed by atoms with Crippen LogP contribution >= 0.6 is 0 Å². The Bertz CT molecular complexity index is 689. The highest BCUT2D eigenvalue weighted by Crippen LogP contribution is 2.18. The second-order valence-electron chi connectivity index (χ2n) is 5.26. The zero-order chi connectivity index (χ0) is 16.3. The number of aliphatic carboxylic acids is 1. The number of hydrogen-bond donors (Lipinski definition) is 2. The maximum atomic E-state index is 11.9. The van der Waals surface area contributed by atoms with Gasteiger partial charge in [0.25, 0.3) is 5.91 Å². The summed E-state index contributed by atoms with van der Waals surface area (Å²) in [4.78, 5) is 22.3. The van der Waals surface area contributed by atoms with Gasteiger partial charge in [-0.15, -0.1) is 5.10 Å². The zero-order valence-corrected chi connectivity index (χ0v) is 12.7. The van der Waals surface area contributed by atoms with Crippen LogP contribution in [0.4, 0.5) is 0 Å². The molecule has 0 aliphatic rings. The number of carbonyl (C=O) groups excluding carboxylic acids is 1. The van der Waals surface area contributed by atoms with Gasteiger partial charge in [-0.3, -0.25) is 9.59 Å². The molecule has 2 N–H and O–H groups in total. The van der Waals surface area contributed by atoms with E-state index in [1.165, 1.54) is 5.56 Å². The number of aromatic nitrogens is 3. The molecular weight excluding hydrogens is 284 g/mol. The fraction of sp³-hybridized carbons (Fsp3) is 0.333.